The molecule has 1 amide bonds. The largest absolute Gasteiger partial charge is 0.476 e. The van der Waals surface area contributed by atoms with Crippen molar-refractivity contribution in [3.8, 4) is 5.88 Å². The van der Waals surface area contributed by atoms with E-state index in [9.17, 15) is 4.79 Å². The van der Waals surface area contributed by atoms with Crippen molar-refractivity contribution in [1.82, 2.24) is 9.78 Å². The summed E-state index contributed by atoms with van der Waals surface area (Å²) in [5.41, 5.74) is 2.56. The summed E-state index contributed by atoms with van der Waals surface area (Å²) in [6.45, 7) is 7.61. The standard InChI is InChI=1S/C20H29N3O2/c1-4-7-8-16-9-11-17(12-10-16)21-19(24)18-15-23(13-5-2)22-20(18)25-14-6-3/h9-12,15H,4-8,13-14H2,1-3H3,(H,21,24). The first-order chi connectivity index (χ1) is 12.2. The van der Waals surface area contributed by atoms with Crippen molar-refractivity contribution in [1.29, 1.82) is 0 Å². The third-order valence-corrected chi connectivity index (χ3v) is 3.90. The number of unbranched alkanes of at least 4 members (excludes halogenated alkanes) is 1. The molecule has 136 valence electrons. The Morgan fingerprint density at radius 3 is 2.52 bits per heavy atom. The minimum atomic E-state index is -0.185. The summed E-state index contributed by atoms with van der Waals surface area (Å²) in [7, 11) is 0. The minimum Gasteiger partial charge on any atom is -0.476 e. The average Bonchev–Trinajstić information content (AvgIpc) is 3.02. The van der Waals surface area contributed by atoms with Gasteiger partial charge in [0.25, 0.3) is 5.91 Å². The molecule has 1 N–H and O–H groups in total. The van der Waals surface area contributed by atoms with E-state index in [1.165, 1.54) is 18.4 Å². The molecule has 1 heterocycles. The highest BCUT2D eigenvalue weighted by molar-refractivity contribution is 6.05. The fraction of sp³-hybridized carbons (Fsp3) is 0.500. The van der Waals surface area contributed by atoms with Gasteiger partial charge < -0.3 is 10.1 Å². The van der Waals surface area contributed by atoms with Crippen LogP contribution in [0.25, 0.3) is 0 Å². The van der Waals surface area contributed by atoms with Crippen molar-refractivity contribution in [2.45, 2.75) is 59.4 Å². The van der Waals surface area contributed by atoms with Gasteiger partial charge in [0.05, 0.1) is 6.61 Å². The van der Waals surface area contributed by atoms with Crippen LogP contribution in [0.3, 0.4) is 0 Å². The van der Waals surface area contributed by atoms with Crippen LogP contribution in [0.1, 0.15) is 62.4 Å². The normalized spacial score (nSPS) is 10.7. The lowest BCUT2D eigenvalue weighted by Crippen LogP contribution is -2.13. The molecule has 0 unspecified atom stereocenters. The van der Waals surface area contributed by atoms with Crippen molar-refractivity contribution in [2.75, 3.05) is 11.9 Å². The molecule has 0 saturated carbocycles. The molecule has 0 aliphatic carbocycles. The SMILES string of the molecule is CCCCc1ccc(NC(=O)c2cn(CCC)nc2OCCC)cc1. The fourth-order valence-electron chi connectivity index (χ4n) is 2.54. The first-order valence-electron chi connectivity index (χ1n) is 9.28. The van der Waals surface area contributed by atoms with Crippen molar-refractivity contribution >= 4 is 11.6 Å². The third kappa shape index (κ3) is 5.62. The quantitative estimate of drug-likeness (QED) is 0.681. The number of benzene rings is 1. The van der Waals surface area contributed by atoms with Crippen LogP contribution in [0.4, 0.5) is 5.69 Å². The Morgan fingerprint density at radius 1 is 1.12 bits per heavy atom. The molecule has 5 nitrogen and oxygen atoms in total. The molecule has 5 heteroatoms. The van der Waals surface area contributed by atoms with Gasteiger partial charge in [-0.1, -0.05) is 39.3 Å². The van der Waals surface area contributed by atoms with Crippen molar-refractivity contribution in [3.63, 3.8) is 0 Å². The average molecular weight is 343 g/mol. The maximum Gasteiger partial charge on any atom is 0.262 e. The molecule has 1 aromatic carbocycles. The van der Waals surface area contributed by atoms with Gasteiger partial charge >= 0.3 is 0 Å². The van der Waals surface area contributed by atoms with Gasteiger partial charge in [0, 0.05) is 18.4 Å². The van der Waals surface area contributed by atoms with E-state index in [-0.39, 0.29) is 5.91 Å². The van der Waals surface area contributed by atoms with E-state index in [2.05, 4.69) is 36.4 Å². The molecule has 0 saturated heterocycles. The predicted octanol–water partition coefficient (Wildman–Crippen LogP) is 4.68. The van der Waals surface area contributed by atoms with Crippen LogP contribution in [0.5, 0.6) is 5.88 Å². The number of nitrogens with one attached hydrogen (secondary N) is 1. The number of anilines is 1. The summed E-state index contributed by atoms with van der Waals surface area (Å²) < 4.78 is 7.41. The zero-order valence-electron chi connectivity index (χ0n) is 15.5. The molecule has 0 radical (unpaired) electrons. The summed E-state index contributed by atoms with van der Waals surface area (Å²) in [6.07, 6.45) is 7.03. The number of aromatic nitrogens is 2. The fourth-order valence-corrected chi connectivity index (χ4v) is 2.54. The van der Waals surface area contributed by atoms with Gasteiger partial charge in [-0.2, -0.15) is 0 Å². The van der Waals surface area contributed by atoms with Gasteiger partial charge in [-0.15, -0.1) is 5.10 Å². The first-order valence-corrected chi connectivity index (χ1v) is 9.28. The third-order valence-electron chi connectivity index (χ3n) is 3.90. The minimum absolute atomic E-state index is 0.185. The van der Waals surface area contributed by atoms with Gasteiger partial charge in [-0.25, -0.2) is 0 Å². The van der Waals surface area contributed by atoms with E-state index in [1.807, 2.05) is 19.1 Å². The lowest BCUT2D eigenvalue weighted by atomic mass is 10.1. The zero-order chi connectivity index (χ0) is 18.1. The van der Waals surface area contributed by atoms with E-state index < -0.39 is 0 Å². The molecule has 2 rings (SSSR count). The Morgan fingerprint density at radius 2 is 1.88 bits per heavy atom. The first kappa shape index (κ1) is 19.0. The molecule has 25 heavy (non-hydrogen) atoms. The molecule has 0 aliphatic rings. The molecule has 0 bridgehead atoms. The topological polar surface area (TPSA) is 56.2 Å². The second-order valence-electron chi connectivity index (χ2n) is 6.21. The number of carbonyl (C=O) groups excluding carboxylic acids is 1. The summed E-state index contributed by atoms with van der Waals surface area (Å²) in [5.74, 6) is 0.224. The lowest BCUT2D eigenvalue weighted by molar-refractivity contribution is 0.102. The number of rotatable bonds is 10. The number of hydrogen-bond donors (Lipinski definition) is 1. The van der Waals surface area contributed by atoms with Crippen LogP contribution < -0.4 is 10.1 Å². The molecule has 1 aromatic heterocycles. The molecule has 0 aliphatic heterocycles. The highest BCUT2D eigenvalue weighted by Crippen LogP contribution is 2.19. The second kappa shape index (κ2) is 9.87. The maximum atomic E-state index is 12.6. The summed E-state index contributed by atoms with van der Waals surface area (Å²) in [5, 5.41) is 7.32. The van der Waals surface area contributed by atoms with E-state index in [1.54, 1.807) is 10.9 Å². The maximum absolute atomic E-state index is 12.6. The monoisotopic (exact) mass is 343 g/mol. The molecule has 0 spiro atoms. The Kier molecular flexibility index (Phi) is 7.51. The Bertz CT molecular complexity index is 662. The van der Waals surface area contributed by atoms with Gasteiger partial charge in [0.2, 0.25) is 5.88 Å². The van der Waals surface area contributed by atoms with Crippen molar-refractivity contribution in [2.24, 2.45) is 0 Å². The van der Waals surface area contributed by atoms with E-state index in [4.69, 9.17) is 4.74 Å². The van der Waals surface area contributed by atoms with Gasteiger partial charge in [0.1, 0.15) is 5.56 Å². The van der Waals surface area contributed by atoms with Gasteiger partial charge in [-0.05, 0) is 43.4 Å². The molecule has 2 aromatic rings. The van der Waals surface area contributed by atoms with Crippen LogP contribution in [0.2, 0.25) is 0 Å². The Balaban J connectivity index is 2.08. The lowest BCUT2D eigenvalue weighted by Gasteiger charge is -2.07. The van der Waals surface area contributed by atoms with Crippen LogP contribution in [0.15, 0.2) is 30.5 Å². The number of hydrogen-bond acceptors (Lipinski definition) is 3. The van der Waals surface area contributed by atoms with Crippen LogP contribution in [0, 0.1) is 0 Å². The second-order valence-corrected chi connectivity index (χ2v) is 6.21. The van der Waals surface area contributed by atoms with Crippen LogP contribution in [-0.4, -0.2) is 22.3 Å². The van der Waals surface area contributed by atoms with Crippen molar-refractivity contribution in [3.05, 3.63) is 41.6 Å². The predicted molar refractivity (Wildman–Crippen MR) is 101 cm³/mol. The van der Waals surface area contributed by atoms with Gasteiger partial charge in [-0.3, -0.25) is 9.48 Å². The summed E-state index contributed by atoms with van der Waals surface area (Å²) in [6, 6.07) is 8.04. The molecular weight excluding hydrogens is 314 g/mol. The summed E-state index contributed by atoms with van der Waals surface area (Å²) in [4.78, 5) is 12.6. The number of nitrogens with zero attached hydrogens (tertiary/aromatic N) is 2. The molecule has 0 fully saturated rings. The van der Waals surface area contributed by atoms with Crippen molar-refractivity contribution < 1.29 is 9.53 Å². The molecular formula is C20H29N3O2. The van der Waals surface area contributed by atoms with Gasteiger partial charge in [0.15, 0.2) is 0 Å². The highest BCUT2D eigenvalue weighted by atomic mass is 16.5. The number of amides is 1. The van der Waals surface area contributed by atoms with E-state index >= 15 is 0 Å². The van der Waals surface area contributed by atoms with Crippen LogP contribution >= 0.6 is 0 Å². The van der Waals surface area contributed by atoms with E-state index in [0.717, 1.165) is 31.5 Å². The van der Waals surface area contributed by atoms with Crippen LogP contribution in [-0.2, 0) is 13.0 Å². The molecule has 0 atom stereocenters. The number of ether oxygens (including phenoxy) is 1. The number of aryl methyl sites for hydroxylation is 2. The number of carbonyl (C=O) groups is 1. The zero-order valence-corrected chi connectivity index (χ0v) is 15.5. The Labute approximate surface area is 150 Å². The van der Waals surface area contributed by atoms with E-state index in [0.29, 0.717) is 18.1 Å². The Hall–Kier alpha value is -2.30. The summed E-state index contributed by atoms with van der Waals surface area (Å²) >= 11 is 0. The smallest absolute Gasteiger partial charge is 0.262 e. The highest BCUT2D eigenvalue weighted by Gasteiger charge is 2.18.